The summed E-state index contributed by atoms with van der Waals surface area (Å²) in [5, 5.41) is 0. The van der Waals surface area contributed by atoms with E-state index in [0.717, 1.165) is 5.87 Å². The number of halogens is 15. The molecule has 37 heavy (non-hydrogen) atoms. The number of hydrogen-bond donors (Lipinski definition) is 0. The molecule has 0 saturated heterocycles. The van der Waals surface area contributed by atoms with Crippen molar-refractivity contribution in [1.29, 1.82) is 0 Å². The van der Waals surface area contributed by atoms with Gasteiger partial charge in [0.1, 0.15) is 0 Å². The Bertz CT molecular complexity index is 798. The van der Waals surface area contributed by atoms with Crippen molar-refractivity contribution in [3.8, 4) is 0 Å². The summed E-state index contributed by atoms with van der Waals surface area (Å²) >= 11 is 0. The molecule has 0 saturated carbocycles. The third-order valence-electron chi connectivity index (χ3n) is 5.19. The SMILES string of the molecule is C=C=NC(=O)C(F)(F)C(F)(F)C(F)(F)C(F)(F)C(F)(F)C(F)(F)CCCCCCCCCCC(F)(F)F. The quantitative estimate of drug-likeness (QED) is 0.103. The first-order chi connectivity index (χ1) is 16.4. The Labute approximate surface area is 201 Å². The Balaban J connectivity index is 5.21. The number of unbranched alkanes of at least 4 members (excludes halogenated alkanes) is 7. The van der Waals surface area contributed by atoms with E-state index in [9.17, 15) is 70.7 Å². The Hall–Kier alpha value is -1.93. The molecule has 2 nitrogen and oxygen atoms in total. The first-order valence-corrected chi connectivity index (χ1v) is 10.5. The van der Waals surface area contributed by atoms with Crippen molar-refractivity contribution in [2.24, 2.45) is 4.99 Å². The van der Waals surface area contributed by atoms with E-state index < -0.39 is 66.9 Å². The summed E-state index contributed by atoms with van der Waals surface area (Å²) < 4.78 is 200. The highest BCUT2D eigenvalue weighted by Gasteiger charge is 2.90. The van der Waals surface area contributed by atoms with Gasteiger partial charge in [-0.05, 0) is 25.3 Å². The number of alkyl halides is 15. The van der Waals surface area contributed by atoms with Gasteiger partial charge in [-0.15, -0.1) is 0 Å². The van der Waals surface area contributed by atoms with Gasteiger partial charge >= 0.3 is 47.6 Å². The van der Waals surface area contributed by atoms with Crippen molar-refractivity contribution < 1.29 is 70.7 Å². The zero-order valence-corrected chi connectivity index (χ0v) is 18.8. The number of amides is 1. The van der Waals surface area contributed by atoms with Crippen LogP contribution in [0.25, 0.3) is 0 Å². The Morgan fingerprint density at radius 2 is 0.892 bits per heavy atom. The minimum Gasteiger partial charge on any atom is -0.265 e. The normalized spacial score (nSPS) is 14.5. The highest BCUT2D eigenvalue weighted by Crippen LogP contribution is 2.60. The highest BCUT2D eigenvalue weighted by atomic mass is 19.4. The molecule has 0 unspecified atom stereocenters. The summed E-state index contributed by atoms with van der Waals surface area (Å²) in [6.07, 6.45) is -8.07. The molecule has 0 radical (unpaired) electrons. The lowest BCUT2D eigenvalue weighted by atomic mass is 9.89. The van der Waals surface area contributed by atoms with E-state index in [1.807, 2.05) is 0 Å². The van der Waals surface area contributed by atoms with Crippen molar-refractivity contribution in [3.05, 3.63) is 6.58 Å². The zero-order valence-electron chi connectivity index (χ0n) is 18.8. The minimum atomic E-state index is -7.87. The van der Waals surface area contributed by atoms with Crippen LogP contribution in [-0.2, 0) is 4.79 Å². The van der Waals surface area contributed by atoms with Gasteiger partial charge in [0.15, 0.2) is 0 Å². The molecule has 0 bridgehead atoms. The molecule has 0 N–H and O–H groups in total. The molecule has 0 spiro atoms. The molecule has 0 aliphatic carbocycles. The van der Waals surface area contributed by atoms with E-state index in [-0.39, 0.29) is 32.1 Å². The molecule has 0 aliphatic rings. The van der Waals surface area contributed by atoms with Gasteiger partial charge in [0.25, 0.3) is 0 Å². The molecule has 0 aromatic heterocycles. The molecule has 0 rings (SSSR count). The summed E-state index contributed by atoms with van der Waals surface area (Å²) in [5.74, 6) is -46.0. The van der Waals surface area contributed by atoms with Crippen LogP contribution in [-0.4, -0.2) is 53.5 Å². The third kappa shape index (κ3) is 7.79. The van der Waals surface area contributed by atoms with E-state index in [0.29, 0.717) is 12.8 Å². The molecule has 0 heterocycles. The van der Waals surface area contributed by atoms with E-state index in [1.165, 1.54) is 0 Å². The van der Waals surface area contributed by atoms with Crippen molar-refractivity contribution in [1.82, 2.24) is 0 Å². The van der Waals surface area contributed by atoms with Gasteiger partial charge < -0.3 is 0 Å². The average molecular weight is 577 g/mol. The highest BCUT2D eigenvalue weighted by molar-refractivity contribution is 5.90. The van der Waals surface area contributed by atoms with Gasteiger partial charge in [0.05, 0.1) is 0 Å². The van der Waals surface area contributed by atoms with Crippen LogP contribution >= 0.6 is 0 Å². The molecule has 0 aliphatic heterocycles. The van der Waals surface area contributed by atoms with Crippen LogP contribution in [0.3, 0.4) is 0 Å². The molecule has 0 fully saturated rings. The lowest BCUT2D eigenvalue weighted by Gasteiger charge is -2.40. The van der Waals surface area contributed by atoms with Crippen LogP contribution in [0.2, 0.25) is 0 Å². The molecule has 0 atom stereocenters. The van der Waals surface area contributed by atoms with Gasteiger partial charge in [-0.3, -0.25) is 4.79 Å². The fraction of sp³-hybridized carbons (Fsp3) is 0.850. The Morgan fingerprint density at radius 3 is 1.27 bits per heavy atom. The molecule has 218 valence electrons. The van der Waals surface area contributed by atoms with Gasteiger partial charge in [0, 0.05) is 12.8 Å². The maximum Gasteiger partial charge on any atom is 0.395 e. The summed E-state index contributed by atoms with van der Waals surface area (Å²) in [7, 11) is 0. The predicted octanol–water partition coefficient (Wildman–Crippen LogP) is 8.64. The molecule has 0 aromatic rings. The number of aliphatic imine (C=N–C) groups is 1. The Kier molecular flexibility index (Phi) is 11.6. The fourth-order valence-corrected chi connectivity index (χ4v) is 2.99. The second-order valence-corrected chi connectivity index (χ2v) is 8.10. The van der Waals surface area contributed by atoms with Crippen LogP contribution < -0.4 is 0 Å². The average Bonchev–Trinajstić information content (AvgIpc) is 2.73. The number of rotatable bonds is 16. The topological polar surface area (TPSA) is 29.4 Å². The number of hydrogen-bond acceptors (Lipinski definition) is 1. The van der Waals surface area contributed by atoms with Crippen LogP contribution in [0.5, 0.6) is 0 Å². The van der Waals surface area contributed by atoms with E-state index in [2.05, 4.69) is 6.58 Å². The van der Waals surface area contributed by atoms with Gasteiger partial charge in [-0.1, -0.05) is 38.5 Å². The largest absolute Gasteiger partial charge is 0.395 e. The summed E-state index contributed by atoms with van der Waals surface area (Å²) in [5.41, 5.74) is 0. The molecule has 1 amide bonds. The van der Waals surface area contributed by atoms with Crippen molar-refractivity contribution >= 4 is 11.8 Å². The lowest BCUT2D eigenvalue weighted by Crippen LogP contribution is -2.71. The Morgan fingerprint density at radius 1 is 0.541 bits per heavy atom. The van der Waals surface area contributed by atoms with Crippen LogP contribution in [0.4, 0.5) is 65.9 Å². The standard InChI is InChI=1S/C20H22F15NO/c1-2-36-13(37)16(26,27)18(30,31)20(34,35)19(32,33)17(28,29)14(21,22)11-9-7-5-3-4-6-8-10-12-15(23,24)25/h1,3-12H2. The van der Waals surface area contributed by atoms with E-state index in [4.69, 9.17) is 0 Å². The zero-order chi connectivity index (χ0) is 29.6. The van der Waals surface area contributed by atoms with Gasteiger partial charge in [-0.2, -0.15) is 70.8 Å². The van der Waals surface area contributed by atoms with Crippen molar-refractivity contribution in [3.63, 3.8) is 0 Å². The van der Waals surface area contributed by atoms with Crippen molar-refractivity contribution in [2.75, 3.05) is 0 Å². The second kappa shape index (κ2) is 12.3. The summed E-state index contributed by atoms with van der Waals surface area (Å²) in [6, 6.07) is 0. The van der Waals surface area contributed by atoms with Gasteiger partial charge in [-0.25, -0.2) is 0 Å². The molecular weight excluding hydrogens is 555 g/mol. The summed E-state index contributed by atoms with van der Waals surface area (Å²) in [4.78, 5) is 12.6. The van der Waals surface area contributed by atoms with E-state index in [1.54, 1.807) is 4.99 Å². The van der Waals surface area contributed by atoms with Crippen LogP contribution in [0, 0.1) is 0 Å². The number of carbonyl (C=O) groups is 1. The number of nitrogens with zero attached hydrogens (tertiary/aromatic N) is 1. The van der Waals surface area contributed by atoms with E-state index >= 15 is 0 Å². The smallest absolute Gasteiger partial charge is 0.265 e. The molecular formula is C20H22F15NO. The van der Waals surface area contributed by atoms with Crippen LogP contribution in [0.15, 0.2) is 11.6 Å². The molecule has 0 aromatic carbocycles. The maximum atomic E-state index is 13.8. The minimum absolute atomic E-state index is 0.00367. The van der Waals surface area contributed by atoms with Gasteiger partial charge in [0.2, 0.25) is 0 Å². The summed E-state index contributed by atoms with van der Waals surface area (Å²) in [6.45, 7) is 2.37. The first-order valence-electron chi connectivity index (χ1n) is 10.5. The second-order valence-electron chi connectivity index (χ2n) is 8.10. The fourth-order valence-electron chi connectivity index (χ4n) is 2.99. The third-order valence-corrected chi connectivity index (χ3v) is 5.19. The molecule has 17 heteroatoms. The predicted molar refractivity (Wildman–Crippen MR) is 100.0 cm³/mol. The maximum absolute atomic E-state index is 13.8. The number of carbonyl (C=O) groups excluding carboxylic acids is 1. The van der Waals surface area contributed by atoms with Crippen LogP contribution in [0.1, 0.15) is 64.2 Å². The monoisotopic (exact) mass is 577 g/mol. The lowest BCUT2D eigenvalue weighted by molar-refractivity contribution is -0.420. The van der Waals surface area contributed by atoms with Crippen molar-refractivity contribution in [2.45, 2.75) is 106 Å². The first kappa shape index (κ1) is 35.1.